The van der Waals surface area contributed by atoms with Gasteiger partial charge in [0, 0.05) is 25.6 Å². The van der Waals surface area contributed by atoms with E-state index in [0.717, 1.165) is 24.2 Å². The first-order valence-electron chi connectivity index (χ1n) is 13.9. The van der Waals surface area contributed by atoms with Gasteiger partial charge in [-0.15, -0.1) is 10.2 Å². The van der Waals surface area contributed by atoms with Gasteiger partial charge in [0.1, 0.15) is 36.6 Å². The molecule has 0 unspecified atom stereocenters. The van der Waals surface area contributed by atoms with Crippen molar-refractivity contribution in [3.8, 4) is 0 Å². The van der Waals surface area contributed by atoms with E-state index >= 15 is 0 Å². The van der Waals surface area contributed by atoms with Crippen LogP contribution in [0.4, 0.5) is 0 Å². The minimum atomic E-state index is -1.23. The highest BCUT2D eigenvalue weighted by Crippen LogP contribution is 2.24. The van der Waals surface area contributed by atoms with E-state index in [9.17, 15) is 20.4 Å². The van der Waals surface area contributed by atoms with Crippen molar-refractivity contribution in [2.24, 2.45) is 11.5 Å². The lowest BCUT2D eigenvalue weighted by Crippen LogP contribution is -2.62. The molecule has 8 N–H and O–H groups in total. The lowest BCUT2D eigenvalue weighted by Gasteiger charge is -2.41. The number of aryl methyl sites for hydroxylation is 2. The summed E-state index contributed by atoms with van der Waals surface area (Å²) in [6, 6.07) is -1.85. The van der Waals surface area contributed by atoms with Gasteiger partial charge >= 0.3 is 0 Å². The smallest absolute Gasteiger partial charge is 0.175 e. The standard InChI is InChI=1S/C24H40N8O8/c25-17-21(35)19(33)15-11-31-9-13(27-29-31)5-1-2-6-14-10-32(30-28-14)12-16-20(34)22(36)18(26)24(40-16)38-8-4-3-7-37-23(17)39-15/h9-10,15-24,33-36H,1-8,11-12,25-26H2/t15-,16-,17-,18-,19-,20-,21-,22-,23-,24-/m1/s1. The zero-order chi connectivity index (χ0) is 28.2. The first-order valence-corrected chi connectivity index (χ1v) is 13.9. The van der Waals surface area contributed by atoms with E-state index in [1.165, 1.54) is 0 Å². The fourth-order valence-electron chi connectivity index (χ4n) is 5.18. The Balaban J connectivity index is 1.26. The fourth-order valence-corrected chi connectivity index (χ4v) is 5.18. The molecule has 0 aromatic carbocycles. The summed E-state index contributed by atoms with van der Waals surface area (Å²) in [4.78, 5) is 0. The molecule has 224 valence electrons. The van der Waals surface area contributed by atoms with Gasteiger partial charge in [-0.3, -0.25) is 0 Å². The van der Waals surface area contributed by atoms with Crippen LogP contribution in [0.25, 0.3) is 0 Å². The van der Waals surface area contributed by atoms with Crippen molar-refractivity contribution in [3.05, 3.63) is 23.8 Å². The van der Waals surface area contributed by atoms with Gasteiger partial charge in [-0.1, -0.05) is 10.4 Å². The SMILES string of the molecule is N[C@H]1[C@@H]2OCCCCO[C@@H]3O[C@H](Cn4cc(nn4)CCCCc4cn(nn4)C[C@@H](O2)[C@@H](O)[C@@H]1O)[C@@H](O)[C@H](O)[C@H]3N. The number of aliphatic hydroxyl groups is 4. The summed E-state index contributed by atoms with van der Waals surface area (Å²) < 4.78 is 26.6. The molecule has 0 radical (unpaired) electrons. The minimum absolute atomic E-state index is 0.179. The minimum Gasteiger partial charge on any atom is -0.388 e. The Hall–Kier alpha value is -2.12. The van der Waals surface area contributed by atoms with Gasteiger partial charge in [0.2, 0.25) is 0 Å². The van der Waals surface area contributed by atoms with Gasteiger partial charge in [0.05, 0.1) is 36.6 Å². The van der Waals surface area contributed by atoms with Crippen LogP contribution < -0.4 is 11.5 Å². The summed E-state index contributed by atoms with van der Waals surface area (Å²) >= 11 is 0. The van der Waals surface area contributed by atoms with Gasteiger partial charge in [-0.25, -0.2) is 9.36 Å². The summed E-state index contributed by atoms with van der Waals surface area (Å²) in [5.41, 5.74) is 13.7. The van der Waals surface area contributed by atoms with E-state index in [4.69, 9.17) is 30.4 Å². The number of nitrogens with zero attached hydrogens (tertiary/aromatic N) is 6. The van der Waals surface area contributed by atoms with Crippen molar-refractivity contribution >= 4 is 0 Å². The van der Waals surface area contributed by atoms with Crippen molar-refractivity contribution in [2.75, 3.05) is 13.2 Å². The molecule has 0 spiro atoms. The first kappa shape index (κ1) is 29.4. The van der Waals surface area contributed by atoms with Crippen molar-refractivity contribution in [3.63, 3.8) is 0 Å². The van der Waals surface area contributed by atoms with Gasteiger partial charge < -0.3 is 50.8 Å². The molecule has 0 amide bonds. The number of hydrogen-bond acceptors (Lipinski definition) is 14. The lowest BCUT2D eigenvalue weighted by molar-refractivity contribution is -0.266. The molecule has 2 aromatic heterocycles. The highest BCUT2D eigenvalue weighted by Gasteiger charge is 2.44. The summed E-state index contributed by atoms with van der Waals surface area (Å²) in [7, 11) is 0. The molecule has 10 atom stereocenters. The van der Waals surface area contributed by atoms with Gasteiger partial charge in [-0.2, -0.15) is 0 Å². The van der Waals surface area contributed by atoms with E-state index in [2.05, 4.69) is 20.6 Å². The van der Waals surface area contributed by atoms with Crippen LogP contribution >= 0.6 is 0 Å². The molecule has 40 heavy (non-hydrogen) atoms. The quantitative estimate of drug-likeness (QED) is 0.184. The van der Waals surface area contributed by atoms with Crippen molar-refractivity contribution in [2.45, 2.75) is 113 Å². The van der Waals surface area contributed by atoms with Crippen LogP contribution in [0.2, 0.25) is 0 Å². The molecule has 16 heteroatoms. The van der Waals surface area contributed by atoms with Crippen LogP contribution in [0.1, 0.15) is 37.1 Å². The predicted octanol–water partition coefficient (Wildman–Crippen LogP) is -3.19. The molecule has 2 fully saturated rings. The third kappa shape index (κ3) is 6.84. The van der Waals surface area contributed by atoms with Crippen LogP contribution in [0.15, 0.2) is 12.4 Å². The Bertz CT molecular complexity index is 991. The Kier molecular flexibility index (Phi) is 9.72. The van der Waals surface area contributed by atoms with E-state index in [1.807, 2.05) is 0 Å². The molecule has 16 nitrogen and oxygen atoms in total. The Morgan fingerprint density at radius 2 is 1.07 bits per heavy atom. The average molecular weight is 569 g/mol. The maximum absolute atomic E-state index is 10.5. The zero-order valence-corrected chi connectivity index (χ0v) is 22.3. The van der Waals surface area contributed by atoms with Gasteiger partial charge in [-0.05, 0) is 38.5 Å². The van der Waals surface area contributed by atoms with Crippen molar-refractivity contribution < 1.29 is 39.4 Å². The molecule has 2 saturated heterocycles. The third-order valence-electron chi connectivity index (χ3n) is 7.62. The Morgan fingerprint density at radius 1 is 0.650 bits per heavy atom. The molecule has 8 bridgehead atoms. The number of ether oxygens (including phenoxy) is 4. The second-order valence-corrected chi connectivity index (χ2v) is 10.7. The van der Waals surface area contributed by atoms with Crippen LogP contribution in [0.5, 0.6) is 0 Å². The second kappa shape index (κ2) is 13.2. The Labute approximate surface area is 231 Å². The van der Waals surface area contributed by atoms with Gasteiger partial charge in [0.15, 0.2) is 12.6 Å². The van der Waals surface area contributed by atoms with E-state index in [1.54, 1.807) is 21.8 Å². The maximum atomic E-state index is 10.5. The molecule has 3 aliphatic heterocycles. The zero-order valence-electron chi connectivity index (χ0n) is 22.3. The molecule has 0 aliphatic carbocycles. The summed E-state index contributed by atoms with van der Waals surface area (Å²) in [5, 5.41) is 58.8. The largest absolute Gasteiger partial charge is 0.388 e. The van der Waals surface area contributed by atoms with E-state index < -0.39 is 61.3 Å². The maximum Gasteiger partial charge on any atom is 0.175 e. The van der Waals surface area contributed by atoms with Crippen molar-refractivity contribution in [1.29, 1.82) is 0 Å². The molecule has 5 heterocycles. The Morgan fingerprint density at radius 3 is 1.50 bits per heavy atom. The number of aliphatic hydroxyl groups excluding tert-OH is 4. The highest BCUT2D eigenvalue weighted by molar-refractivity contribution is 4.98. The number of rotatable bonds is 0. The monoisotopic (exact) mass is 568 g/mol. The molecule has 5 rings (SSSR count). The normalized spacial score (nSPS) is 38.9. The molecular formula is C24H40N8O8. The molecule has 3 aliphatic rings. The van der Waals surface area contributed by atoms with E-state index in [-0.39, 0.29) is 26.3 Å². The summed E-state index contributed by atoms with van der Waals surface area (Å²) in [6.45, 7) is 0.887. The summed E-state index contributed by atoms with van der Waals surface area (Å²) in [6.07, 6.45) is -0.477. The predicted molar refractivity (Wildman–Crippen MR) is 135 cm³/mol. The molecule has 2 aromatic rings. The average Bonchev–Trinajstić information content (AvgIpc) is 3.59. The highest BCUT2D eigenvalue weighted by atomic mass is 16.7. The van der Waals surface area contributed by atoms with Gasteiger partial charge in [0.25, 0.3) is 0 Å². The molecular weight excluding hydrogens is 528 g/mol. The second-order valence-electron chi connectivity index (χ2n) is 10.7. The number of fused-ring (bicyclic) bond motifs is 8. The van der Waals surface area contributed by atoms with Crippen LogP contribution in [-0.4, -0.2) is 125 Å². The fraction of sp³-hybridized carbons (Fsp3) is 0.833. The lowest BCUT2D eigenvalue weighted by atomic mass is 9.97. The van der Waals surface area contributed by atoms with E-state index in [0.29, 0.717) is 25.7 Å². The van der Waals surface area contributed by atoms with Crippen LogP contribution in [-0.2, 0) is 44.9 Å². The van der Waals surface area contributed by atoms with Crippen LogP contribution in [0.3, 0.4) is 0 Å². The van der Waals surface area contributed by atoms with Crippen LogP contribution in [0, 0.1) is 0 Å². The first-order chi connectivity index (χ1) is 19.3. The van der Waals surface area contributed by atoms with Crippen molar-refractivity contribution in [1.82, 2.24) is 30.0 Å². The molecule has 0 saturated carbocycles. The number of hydrogen-bond donors (Lipinski definition) is 6. The third-order valence-corrected chi connectivity index (χ3v) is 7.62. The number of aromatic nitrogens is 6. The topological polar surface area (TPSA) is 231 Å². The number of nitrogens with two attached hydrogens (primary N) is 2. The summed E-state index contributed by atoms with van der Waals surface area (Å²) in [5.74, 6) is 0.